The van der Waals surface area contributed by atoms with Gasteiger partial charge in [0.15, 0.2) is 0 Å². The van der Waals surface area contributed by atoms with E-state index in [0.29, 0.717) is 6.54 Å². The normalized spacial score (nSPS) is 10.9. The summed E-state index contributed by atoms with van der Waals surface area (Å²) >= 11 is 0. The van der Waals surface area contributed by atoms with Crippen molar-refractivity contribution in [3.05, 3.63) is 23.8 Å². The van der Waals surface area contributed by atoms with Crippen molar-refractivity contribution in [3.63, 3.8) is 0 Å². The van der Waals surface area contributed by atoms with E-state index in [9.17, 15) is 4.79 Å². The van der Waals surface area contributed by atoms with Crippen molar-refractivity contribution in [2.75, 3.05) is 25.5 Å². The van der Waals surface area contributed by atoms with Crippen molar-refractivity contribution in [1.29, 1.82) is 0 Å². The second kappa shape index (κ2) is 7.76. The highest BCUT2D eigenvalue weighted by atomic mass is 16.6. The summed E-state index contributed by atoms with van der Waals surface area (Å²) in [4.78, 5) is 11.4. The van der Waals surface area contributed by atoms with Crippen molar-refractivity contribution in [3.8, 4) is 5.75 Å². The summed E-state index contributed by atoms with van der Waals surface area (Å²) in [5.74, 6) is 0.852. The van der Waals surface area contributed by atoms with Gasteiger partial charge in [0.1, 0.15) is 11.4 Å². The van der Waals surface area contributed by atoms with E-state index in [1.807, 2.05) is 45.9 Å². The van der Waals surface area contributed by atoms with E-state index in [2.05, 4.69) is 10.6 Å². The molecular weight excluding hydrogens is 268 g/mol. The molecule has 0 fully saturated rings. The summed E-state index contributed by atoms with van der Waals surface area (Å²) in [5.41, 5.74) is 1.75. The summed E-state index contributed by atoms with van der Waals surface area (Å²) in [6.45, 7) is 8.94. The van der Waals surface area contributed by atoms with Crippen molar-refractivity contribution < 1.29 is 14.3 Å². The first-order valence-electron chi connectivity index (χ1n) is 7.17. The molecule has 5 nitrogen and oxygen atoms in total. The second-order valence-electron chi connectivity index (χ2n) is 5.89. The molecule has 0 aliphatic heterocycles. The number of ether oxygens (including phenoxy) is 2. The van der Waals surface area contributed by atoms with Crippen LogP contribution in [-0.2, 0) is 4.74 Å². The highest BCUT2D eigenvalue weighted by molar-refractivity contribution is 5.67. The molecule has 0 aromatic heterocycles. The molecule has 0 unspecified atom stereocenters. The molecule has 1 amide bonds. The maximum atomic E-state index is 11.4. The van der Waals surface area contributed by atoms with Gasteiger partial charge in [0.2, 0.25) is 0 Å². The number of aryl methyl sites for hydroxylation is 1. The third-order valence-corrected chi connectivity index (χ3v) is 2.77. The van der Waals surface area contributed by atoms with Gasteiger partial charge in [0.25, 0.3) is 0 Å². The molecule has 0 atom stereocenters. The minimum Gasteiger partial charge on any atom is -0.497 e. The highest BCUT2D eigenvalue weighted by Crippen LogP contribution is 2.20. The zero-order chi connectivity index (χ0) is 15.9. The summed E-state index contributed by atoms with van der Waals surface area (Å²) in [6, 6.07) is 5.91. The molecular formula is C16H26N2O3. The lowest BCUT2D eigenvalue weighted by Gasteiger charge is -2.19. The molecule has 1 aromatic carbocycles. The van der Waals surface area contributed by atoms with Crippen LogP contribution in [0.1, 0.15) is 32.8 Å². The number of methoxy groups -OCH3 is 1. The molecule has 0 saturated heterocycles. The van der Waals surface area contributed by atoms with Gasteiger partial charge in [-0.2, -0.15) is 0 Å². The van der Waals surface area contributed by atoms with E-state index >= 15 is 0 Å². The fourth-order valence-corrected chi connectivity index (χ4v) is 1.78. The van der Waals surface area contributed by atoms with Crippen LogP contribution < -0.4 is 15.4 Å². The summed E-state index contributed by atoms with van der Waals surface area (Å²) < 4.78 is 10.3. The van der Waals surface area contributed by atoms with Gasteiger partial charge in [0.05, 0.1) is 7.11 Å². The molecule has 1 rings (SSSR count). The Bertz CT molecular complexity index is 467. The third-order valence-electron chi connectivity index (χ3n) is 2.77. The molecule has 1 aromatic rings. The molecule has 0 aliphatic rings. The van der Waals surface area contributed by atoms with Gasteiger partial charge in [-0.05, 0) is 57.9 Å². The van der Waals surface area contributed by atoms with Crippen LogP contribution in [0.2, 0.25) is 0 Å². The average Bonchev–Trinajstić information content (AvgIpc) is 2.37. The fraction of sp³-hybridized carbons (Fsp3) is 0.562. The SMILES string of the molecule is COc1ccc(NCCCNC(=O)OC(C)(C)C)c(C)c1. The number of hydrogen-bond acceptors (Lipinski definition) is 4. The largest absolute Gasteiger partial charge is 0.497 e. The number of alkyl carbamates (subject to hydrolysis) is 1. The molecule has 0 spiro atoms. The van der Waals surface area contributed by atoms with E-state index in [1.165, 1.54) is 0 Å². The lowest BCUT2D eigenvalue weighted by Crippen LogP contribution is -2.33. The minimum atomic E-state index is -0.456. The molecule has 21 heavy (non-hydrogen) atoms. The Balaban J connectivity index is 2.24. The second-order valence-corrected chi connectivity index (χ2v) is 5.89. The molecule has 118 valence electrons. The summed E-state index contributed by atoms with van der Waals surface area (Å²) in [7, 11) is 1.66. The average molecular weight is 294 g/mol. The number of hydrogen-bond donors (Lipinski definition) is 2. The molecule has 5 heteroatoms. The van der Waals surface area contributed by atoms with Gasteiger partial charge >= 0.3 is 6.09 Å². The number of rotatable bonds is 6. The summed E-state index contributed by atoms with van der Waals surface area (Å²) in [5, 5.41) is 6.08. The maximum Gasteiger partial charge on any atom is 0.407 e. The number of nitrogens with one attached hydrogen (secondary N) is 2. The standard InChI is InChI=1S/C16H26N2O3/c1-12-11-13(20-5)7-8-14(12)17-9-6-10-18-15(19)21-16(2,3)4/h7-8,11,17H,6,9-10H2,1-5H3,(H,18,19). The fourth-order valence-electron chi connectivity index (χ4n) is 1.78. The van der Waals surface area contributed by atoms with Crippen LogP contribution in [0, 0.1) is 6.92 Å². The van der Waals surface area contributed by atoms with Crippen molar-refractivity contribution >= 4 is 11.8 Å². The Morgan fingerprint density at radius 3 is 2.52 bits per heavy atom. The van der Waals surface area contributed by atoms with Crippen molar-refractivity contribution in [2.24, 2.45) is 0 Å². The van der Waals surface area contributed by atoms with Gasteiger partial charge in [-0.25, -0.2) is 4.79 Å². The van der Waals surface area contributed by atoms with Crippen LogP contribution in [0.25, 0.3) is 0 Å². The first kappa shape index (κ1) is 17.1. The molecule has 0 bridgehead atoms. The number of benzene rings is 1. The van der Waals surface area contributed by atoms with Crippen LogP contribution in [0.5, 0.6) is 5.75 Å². The van der Waals surface area contributed by atoms with Crippen LogP contribution in [0.15, 0.2) is 18.2 Å². The van der Waals surface area contributed by atoms with Crippen LogP contribution in [-0.4, -0.2) is 31.9 Å². The molecule has 0 heterocycles. The quantitative estimate of drug-likeness (QED) is 0.790. The monoisotopic (exact) mass is 294 g/mol. The lowest BCUT2D eigenvalue weighted by atomic mass is 10.2. The summed E-state index contributed by atoms with van der Waals surface area (Å²) in [6.07, 6.45) is 0.452. The van der Waals surface area contributed by atoms with E-state index in [0.717, 1.165) is 30.0 Å². The van der Waals surface area contributed by atoms with E-state index in [4.69, 9.17) is 9.47 Å². The van der Waals surface area contributed by atoms with Gasteiger partial charge in [-0.3, -0.25) is 0 Å². The number of anilines is 1. The Labute approximate surface area is 127 Å². The molecule has 2 N–H and O–H groups in total. The molecule has 0 aliphatic carbocycles. The smallest absolute Gasteiger partial charge is 0.407 e. The first-order chi connectivity index (χ1) is 9.81. The van der Waals surface area contributed by atoms with Crippen LogP contribution in [0.4, 0.5) is 10.5 Å². The van der Waals surface area contributed by atoms with Crippen LogP contribution >= 0.6 is 0 Å². The van der Waals surface area contributed by atoms with Gasteiger partial charge in [-0.15, -0.1) is 0 Å². The molecule has 0 saturated carbocycles. The number of carbonyl (C=O) groups is 1. The Morgan fingerprint density at radius 2 is 1.95 bits per heavy atom. The van der Waals surface area contributed by atoms with E-state index in [1.54, 1.807) is 7.11 Å². The van der Waals surface area contributed by atoms with E-state index < -0.39 is 5.60 Å². The van der Waals surface area contributed by atoms with Gasteiger partial charge < -0.3 is 20.1 Å². The zero-order valence-electron chi connectivity index (χ0n) is 13.6. The topological polar surface area (TPSA) is 59.6 Å². The number of carbonyl (C=O) groups excluding carboxylic acids is 1. The lowest BCUT2D eigenvalue weighted by molar-refractivity contribution is 0.0528. The van der Waals surface area contributed by atoms with Crippen molar-refractivity contribution in [1.82, 2.24) is 5.32 Å². The highest BCUT2D eigenvalue weighted by Gasteiger charge is 2.15. The predicted octanol–water partition coefficient (Wildman–Crippen LogP) is 3.33. The van der Waals surface area contributed by atoms with Crippen molar-refractivity contribution in [2.45, 2.75) is 39.7 Å². The zero-order valence-corrected chi connectivity index (χ0v) is 13.6. The minimum absolute atomic E-state index is 0.372. The van der Waals surface area contributed by atoms with Crippen LogP contribution in [0.3, 0.4) is 0 Å². The first-order valence-corrected chi connectivity index (χ1v) is 7.17. The maximum absolute atomic E-state index is 11.4. The number of amides is 1. The van der Waals surface area contributed by atoms with Gasteiger partial charge in [0, 0.05) is 18.8 Å². The predicted molar refractivity (Wildman–Crippen MR) is 85.1 cm³/mol. The molecule has 0 radical (unpaired) electrons. The Hall–Kier alpha value is -1.91. The Kier molecular flexibility index (Phi) is 6.34. The van der Waals surface area contributed by atoms with Gasteiger partial charge in [-0.1, -0.05) is 0 Å². The third kappa shape index (κ3) is 6.88. The van der Waals surface area contributed by atoms with E-state index in [-0.39, 0.29) is 6.09 Å². The Morgan fingerprint density at radius 1 is 1.24 bits per heavy atom.